The Morgan fingerprint density at radius 3 is 2.45 bits per heavy atom. The van der Waals surface area contributed by atoms with E-state index in [1.807, 2.05) is 24.3 Å². The van der Waals surface area contributed by atoms with Gasteiger partial charge in [-0.25, -0.2) is 0 Å². The van der Waals surface area contributed by atoms with Gasteiger partial charge in [0.25, 0.3) is 0 Å². The predicted octanol–water partition coefficient (Wildman–Crippen LogP) is 3.04. The lowest BCUT2D eigenvalue weighted by Gasteiger charge is -2.30. The molecule has 2 atom stereocenters. The van der Waals surface area contributed by atoms with Crippen LogP contribution < -0.4 is 0 Å². The maximum absolute atomic E-state index is 10.3. The third kappa shape index (κ3) is 5.41. The minimum atomic E-state index is -0.496. The van der Waals surface area contributed by atoms with E-state index in [1.165, 1.54) is 0 Å². The number of nitrogens with zero attached hydrogens (tertiary/aromatic N) is 2. The molecular formula is C16H27ClN2O. The molecule has 2 unspecified atom stereocenters. The molecule has 1 rings (SSSR count). The molecule has 114 valence electrons. The maximum Gasteiger partial charge on any atom is 0.0816 e. The van der Waals surface area contributed by atoms with E-state index in [-0.39, 0.29) is 0 Å². The van der Waals surface area contributed by atoms with E-state index in [1.54, 1.807) is 0 Å². The Bertz CT molecular complexity index is 398. The van der Waals surface area contributed by atoms with E-state index in [0.717, 1.165) is 25.2 Å². The molecule has 0 saturated carbocycles. The first-order valence-corrected chi connectivity index (χ1v) is 7.64. The zero-order valence-electron chi connectivity index (χ0n) is 13.0. The van der Waals surface area contributed by atoms with Crippen LogP contribution in [0.5, 0.6) is 0 Å². The van der Waals surface area contributed by atoms with Crippen molar-refractivity contribution in [3.05, 3.63) is 34.9 Å². The Hall–Kier alpha value is -0.610. The molecular weight excluding hydrogens is 272 g/mol. The fourth-order valence-corrected chi connectivity index (χ4v) is 2.78. The Balaban J connectivity index is 2.54. The van der Waals surface area contributed by atoms with Gasteiger partial charge in [-0.15, -0.1) is 0 Å². The zero-order valence-corrected chi connectivity index (χ0v) is 13.8. The molecule has 0 bridgehead atoms. The lowest BCUT2D eigenvalue weighted by molar-refractivity contribution is 0.121. The van der Waals surface area contributed by atoms with Gasteiger partial charge in [-0.2, -0.15) is 0 Å². The van der Waals surface area contributed by atoms with Crippen molar-refractivity contribution in [3.8, 4) is 0 Å². The quantitative estimate of drug-likeness (QED) is 0.799. The summed E-state index contributed by atoms with van der Waals surface area (Å²) in [6.45, 7) is 7.28. The van der Waals surface area contributed by atoms with Gasteiger partial charge in [0, 0.05) is 24.2 Å². The van der Waals surface area contributed by atoms with Crippen molar-refractivity contribution in [2.45, 2.75) is 32.4 Å². The third-order valence-electron chi connectivity index (χ3n) is 3.61. The van der Waals surface area contributed by atoms with Crippen molar-refractivity contribution in [1.82, 2.24) is 9.80 Å². The standard InChI is InChI=1S/C16H27ClN2O/c1-5-19(13(2)12-18(3)4)11-10-16(20)14-8-6-7-9-15(14)17/h6-9,13,16,20H,5,10-12H2,1-4H3. The van der Waals surface area contributed by atoms with Gasteiger partial charge >= 0.3 is 0 Å². The number of aliphatic hydroxyl groups excluding tert-OH is 1. The highest BCUT2D eigenvalue weighted by atomic mass is 35.5. The largest absolute Gasteiger partial charge is 0.388 e. The summed E-state index contributed by atoms with van der Waals surface area (Å²) in [6.07, 6.45) is 0.208. The normalized spacial score (nSPS) is 14.8. The first-order chi connectivity index (χ1) is 9.45. The van der Waals surface area contributed by atoms with Gasteiger partial charge in [0.15, 0.2) is 0 Å². The third-order valence-corrected chi connectivity index (χ3v) is 3.96. The number of aliphatic hydroxyl groups is 1. The van der Waals surface area contributed by atoms with Crippen LogP contribution >= 0.6 is 11.6 Å². The molecule has 0 spiro atoms. The second-order valence-corrected chi connectivity index (χ2v) is 5.97. The lowest BCUT2D eigenvalue weighted by atomic mass is 10.1. The van der Waals surface area contributed by atoms with E-state index in [9.17, 15) is 5.11 Å². The van der Waals surface area contributed by atoms with Gasteiger partial charge < -0.3 is 10.0 Å². The van der Waals surface area contributed by atoms with Gasteiger partial charge in [0.05, 0.1) is 6.10 Å². The SMILES string of the molecule is CCN(CCC(O)c1ccccc1Cl)C(C)CN(C)C. The topological polar surface area (TPSA) is 26.7 Å². The van der Waals surface area contributed by atoms with Crippen molar-refractivity contribution >= 4 is 11.6 Å². The van der Waals surface area contributed by atoms with Crippen LogP contribution in [-0.2, 0) is 0 Å². The van der Waals surface area contributed by atoms with Crippen LogP contribution in [-0.4, -0.2) is 54.7 Å². The van der Waals surface area contributed by atoms with Crippen LogP contribution in [0.15, 0.2) is 24.3 Å². The molecule has 1 aromatic carbocycles. The summed E-state index contributed by atoms with van der Waals surface area (Å²) < 4.78 is 0. The molecule has 3 nitrogen and oxygen atoms in total. The van der Waals surface area contributed by atoms with Crippen molar-refractivity contribution in [3.63, 3.8) is 0 Å². The fourth-order valence-electron chi connectivity index (χ4n) is 2.52. The van der Waals surface area contributed by atoms with Crippen LogP contribution in [0.3, 0.4) is 0 Å². The Kier molecular flexibility index (Phi) is 7.52. The van der Waals surface area contributed by atoms with E-state index in [4.69, 9.17) is 11.6 Å². The smallest absolute Gasteiger partial charge is 0.0816 e. The van der Waals surface area contributed by atoms with Crippen molar-refractivity contribution in [1.29, 1.82) is 0 Å². The Labute approximate surface area is 128 Å². The molecule has 0 saturated heterocycles. The van der Waals surface area contributed by atoms with Crippen LogP contribution in [0, 0.1) is 0 Å². The van der Waals surface area contributed by atoms with Gasteiger partial charge in [-0.1, -0.05) is 36.7 Å². The van der Waals surface area contributed by atoms with Crippen LogP contribution in [0.1, 0.15) is 31.9 Å². The summed E-state index contributed by atoms with van der Waals surface area (Å²) in [5, 5.41) is 10.9. The second kappa shape index (κ2) is 8.63. The highest BCUT2D eigenvalue weighted by Gasteiger charge is 2.16. The lowest BCUT2D eigenvalue weighted by Crippen LogP contribution is -2.40. The predicted molar refractivity (Wildman–Crippen MR) is 86.3 cm³/mol. The summed E-state index contributed by atoms with van der Waals surface area (Å²) >= 11 is 6.12. The van der Waals surface area contributed by atoms with Crippen molar-refractivity contribution < 1.29 is 5.11 Å². The number of benzene rings is 1. The average molecular weight is 299 g/mol. The van der Waals surface area contributed by atoms with Crippen LogP contribution in [0.2, 0.25) is 5.02 Å². The molecule has 4 heteroatoms. The summed E-state index contributed by atoms with van der Waals surface area (Å²) in [5.74, 6) is 0. The summed E-state index contributed by atoms with van der Waals surface area (Å²) in [7, 11) is 4.17. The molecule has 0 heterocycles. The van der Waals surface area contributed by atoms with Crippen molar-refractivity contribution in [2.24, 2.45) is 0 Å². The van der Waals surface area contributed by atoms with Gasteiger partial charge in [0.1, 0.15) is 0 Å². The van der Waals surface area contributed by atoms with Gasteiger partial charge in [-0.05, 0) is 45.6 Å². The molecule has 20 heavy (non-hydrogen) atoms. The number of rotatable bonds is 8. The highest BCUT2D eigenvalue weighted by molar-refractivity contribution is 6.31. The minimum Gasteiger partial charge on any atom is -0.388 e. The highest BCUT2D eigenvalue weighted by Crippen LogP contribution is 2.25. The molecule has 1 aromatic rings. The first-order valence-electron chi connectivity index (χ1n) is 7.27. The summed E-state index contributed by atoms with van der Waals surface area (Å²) in [5.41, 5.74) is 0.825. The molecule has 0 aromatic heterocycles. The number of hydrogen-bond acceptors (Lipinski definition) is 3. The number of halogens is 1. The molecule has 0 aliphatic rings. The van der Waals surface area contributed by atoms with Crippen LogP contribution in [0.4, 0.5) is 0 Å². The Morgan fingerprint density at radius 2 is 1.90 bits per heavy atom. The average Bonchev–Trinajstić information content (AvgIpc) is 2.38. The van der Waals surface area contributed by atoms with Crippen molar-refractivity contribution in [2.75, 3.05) is 33.7 Å². The zero-order chi connectivity index (χ0) is 15.1. The summed E-state index contributed by atoms with van der Waals surface area (Å²) in [6, 6.07) is 8.00. The molecule has 0 aliphatic heterocycles. The fraction of sp³-hybridized carbons (Fsp3) is 0.625. The summed E-state index contributed by atoms with van der Waals surface area (Å²) in [4.78, 5) is 4.58. The van der Waals surface area contributed by atoms with Crippen LogP contribution in [0.25, 0.3) is 0 Å². The van der Waals surface area contributed by atoms with Gasteiger partial charge in [0.2, 0.25) is 0 Å². The molecule has 0 radical (unpaired) electrons. The first kappa shape index (κ1) is 17.4. The molecule has 0 aliphatic carbocycles. The van der Waals surface area contributed by atoms with E-state index in [2.05, 4.69) is 37.7 Å². The van der Waals surface area contributed by atoms with E-state index < -0.39 is 6.10 Å². The Morgan fingerprint density at radius 1 is 1.25 bits per heavy atom. The number of hydrogen-bond donors (Lipinski definition) is 1. The minimum absolute atomic E-state index is 0.480. The van der Waals surface area contributed by atoms with E-state index >= 15 is 0 Å². The van der Waals surface area contributed by atoms with Gasteiger partial charge in [-0.3, -0.25) is 4.90 Å². The maximum atomic E-state index is 10.3. The molecule has 0 amide bonds. The monoisotopic (exact) mass is 298 g/mol. The molecule has 0 fully saturated rings. The van der Waals surface area contributed by atoms with E-state index in [0.29, 0.717) is 17.5 Å². The molecule has 1 N–H and O–H groups in total. The number of likely N-dealkylation sites (N-methyl/N-ethyl adjacent to an activating group) is 2. The second-order valence-electron chi connectivity index (χ2n) is 5.57.